The molecule has 3 aromatic rings. The van der Waals surface area contributed by atoms with Crippen LogP contribution in [-0.2, 0) is 6.42 Å². The highest BCUT2D eigenvalue weighted by molar-refractivity contribution is 6.30. The van der Waals surface area contributed by atoms with Gasteiger partial charge in [-0.3, -0.25) is 4.57 Å². The molecule has 0 aliphatic carbocycles. The van der Waals surface area contributed by atoms with Crippen molar-refractivity contribution in [2.75, 3.05) is 13.0 Å². The van der Waals surface area contributed by atoms with E-state index in [1.807, 2.05) is 42.5 Å². The van der Waals surface area contributed by atoms with Crippen LogP contribution in [-0.4, -0.2) is 22.5 Å². The summed E-state index contributed by atoms with van der Waals surface area (Å²) in [6, 6.07) is 13.6. The van der Waals surface area contributed by atoms with Gasteiger partial charge < -0.3 is 4.74 Å². The Bertz CT molecular complexity index is 766. The molecule has 0 amide bonds. The monoisotopic (exact) mass is 320 g/mol. The number of imidazole rings is 1. The predicted octanol–water partition coefficient (Wildman–Crippen LogP) is 4.47. The third-order valence-corrected chi connectivity index (χ3v) is 3.77. The van der Waals surface area contributed by atoms with Gasteiger partial charge in [-0.2, -0.15) is 0 Å². The number of rotatable bonds is 4. The summed E-state index contributed by atoms with van der Waals surface area (Å²) in [4.78, 5) is 4.68. The molecular weight excluding hydrogens is 307 g/mol. The summed E-state index contributed by atoms with van der Waals surface area (Å²) in [5, 5.41) is 0.712. The molecule has 0 unspecified atom stereocenters. The van der Waals surface area contributed by atoms with E-state index in [2.05, 4.69) is 9.55 Å². The van der Waals surface area contributed by atoms with Crippen LogP contribution < -0.4 is 4.74 Å². The maximum Gasteiger partial charge on any atom is 0.121 e. The maximum absolute atomic E-state index is 5.97. The first-order valence-electron chi connectivity index (χ1n) is 6.60. The zero-order chi connectivity index (χ0) is 14.8. The molecule has 0 saturated carbocycles. The number of hydrogen-bond acceptors (Lipinski definition) is 2. The summed E-state index contributed by atoms with van der Waals surface area (Å²) in [6.45, 7) is 0. The minimum absolute atomic E-state index is 0.522. The molecule has 0 aliphatic heterocycles. The minimum Gasteiger partial charge on any atom is -0.497 e. The Kier molecular flexibility index (Phi) is 4.04. The van der Waals surface area contributed by atoms with Gasteiger partial charge in [0.25, 0.3) is 0 Å². The lowest BCUT2D eigenvalue weighted by molar-refractivity contribution is 0.415. The van der Waals surface area contributed by atoms with E-state index in [9.17, 15) is 0 Å². The van der Waals surface area contributed by atoms with Crippen molar-refractivity contribution in [3.05, 3.63) is 53.3 Å². The van der Waals surface area contributed by atoms with E-state index in [1.165, 1.54) is 0 Å². The third-order valence-electron chi connectivity index (χ3n) is 3.33. The van der Waals surface area contributed by atoms with Crippen molar-refractivity contribution < 1.29 is 4.74 Å². The highest BCUT2D eigenvalue weighted by Crippen LogP contribution is 2.26. The molecule has 0 fully saturated rings. The lowest BCUT2D eigenvalue weighted by atomic mass is 10.2. The largest absolute Gasteiger partial charge is 0.497 e. The number of methoxy groups -OCH3 is 1. The zero-order valence-electron chi connectivity index (χ0n) is 11.5. The topological polar surface area (TPSA) is 27.1 Å². The van der Waals surface area contributed by atoms with Gasteiger partial charge in [0.15, 0.2) is 0 Å². The molecule has 1 heterocycles. The van der Waals surface area contributed by atoms with Crippen LogP contribution >= 0.6 is 23.2 Å². The number of aryl methyl sites for hydroxylation is 1. The predicted molar refractivity (Wildman–Crippen MR) is 87.1 cm³/mol. The number of halogens is 2. The summed E-state index contributed by atoms with van der Waals surface area (Å²) in [6.07, 6.45) is 0.696. The standard InChI is InChI=1S/C16H14Cl2N2O/c1-21-13-6-7-15-14(10-13)19-16(8-9-17)20(15)12-4-2-11(18)3-5-12/h2-7,10H,8-9H2,1H3. The van der Waals surface area contributed by atoms with E-state index < -0.39 is 0 Å². The van der Waals surface area contributed by atoms with Crippen LogP contribution in [0.4, 0.5) is 0 Å². The number of alkyl halides is 1. The fourth-order valence-corrected chi connectivity index (χ4v) is 2.66. The minimum atomic E-state index is 0.522. The summed E-state index contributed by atoms with van der Waals surface area (Å²) in [5.74, 6) is 2.24. The van der Waals surface area contributed by atoms with Crippen LogP contribution in [0, 0.1) is 0 Å². The Hall–Kier alpha value is -1.71. The second-order valence-electron chi connectivity index (χ2n) is 4.63. The van der Waals surface area contributed by atoms with E-state index in [0.717, 1.165) is 28.3 Å². The number of ether oxygens (including phenoxy) is 1. The SMILES string of the molecule is COc1ccc2c(c1)nc(CCCl)n2-c1ccc(Cl)cc1. The molecule has 1 aromatic heterocycles. The van der Waals surface area contributed by atoms with Gasteiger partial charge in [0, 0.05) is 29.1 Å². The Morgan fingerprint density at radius 1 is 1.14 bits per heavy atom. The van der Waals surface area contributed by atoms with Gasteiger partial charge in [-0.25, -0.2) is 4.98 Å². The highest BCUT2D eigenvalue weighted by atomic mass is 35.5. The first kappa shape index (κ1) is 14.2. The number of nitrogens with zero attached hydrogens (tertiary/aromatic N) is 2. The fraction of sp³-hybridized carbons (Fsp3) is 0.188. The second-order valence-corrected chi connectivity index (χ2v) is 5.45. The van der Waals surface area contributed by atoms with E-state index in [-0.39, 0.29) is 0 Å². The Morgan fingerprint density at radius 3 is 2.57 bits per heavy atom. The van der Waals surface area contributed by atoms with Crippen molar-refractivity contribution in [1.82, 2.24) is 9.55 Å². The van der Waals surface area contributed by atoms with Crippen molar-refractivity contribution in [2.24, 2.45) is 0 Å². The molecule has 0 saturated heterocycles. The molecule has 0 atom stereocenters. The average molecular weight is 321 g/mol. The summed E-state index contributed by atoms with van der Waals surface area (Å²) < 4.78 is 7.36. The second kappa shape index (κ2) is 5.96. The van der Waals surface area contributed by atoms with E-state index >= 15 is 0 Å². The van der Waals surface area contributed by atoms with Crippen LogP contribution in [0.25, 0.3) is 16.7 Å². The highest BCUT2D eigenvalue weighted by Gasteiger charge is 2.12. The maximum atomic E-state index is 5.97. The zero-order valence-corrected chi connectivity index (χ0v) is 13.0. The summed E-state index contributed by atoms with van der Waals surface area (Å²) in [5.41, 5.74) is 2.94. The summed E-state index contributed by atoms with van der Waals surface area (Å²) >= 11 is 11.9. The molecule has 21 heavy (non-hydrogen) atoms. The van der Waals surface area contributed by atoms with Gasteiger partial charge in [-0.1, -0.05) is 11.6 Å². The lowest BCUT2D eigenvalue weighted by Gasteiger charge is -2.09. The number of hydrogen-bond donors (Lipinski definition) is 0. The quantitative estimate of drug-likeness (QED) is 0.663. The molecule has 0 bridgehead atoms. The summed E-state index contributed by atoms with van der Waals surface area (Å²) in [7, 11) is 1.65. The molecule has 3 rings (SSSR count). The van der Waals surface area contributed by atoms with Gasteiger partial charge >= 0.3 is 0 Å². The Morgan fingerprint density at radius 2 is 1.90 bits per heavy atom. The van der Waals surface area contributed by atoms with E-state index in [1.54, 1.807) is 7.11 Å². The van der Waals surface area contributed by atoms with Crippen LogP contribution in [0.1, 0.15) is 5.82 Å². The molecule has 0 radical (unpaired) electrons. The normalized spacial score (nSPS) is 11.0. The van der Waals surface area contributed by atoms with Crippen LogP contribution in [0.15, 0.2) is 42.5 Å². The van der Waals surface area contributed by atoms with Crippen molar-refractivity contribution in [2.45, 2.75) is 6.42 Å². The van der Waals surface area contributed by atoms with Crippen LogP contribution in [0.2, 0.25) is 5.02 Å². The smallest absolute Gasteiger partial charge is 0.121 e. The van der Waals surface area contributed by atoms with Gasteiger partial charge in [0.05, 0.1) is 18.1 Å². The van der Waals surface area contributed by atoms with Gasteiger partial charge in [0.1, 0.15) is 11.6 Å². The van der Waals surface area contributed by atoms with Crippen molar-refractivity contribution in [3.63, 3.8) is 0 Å². The lowest BCUT2D eigenvalue weighted by Crippen LogP contribution is -2.02. The van der Waals surface area contributed by atoms with Gasteiger partial charge in [-0.05, 0) is 36.4 Å². The number of fused-ring (bicyclic) bond motifs is 1. The van der Waals surface area contributed by atoms with Crippen LogP contribution in [0.3, 0.4) is 0 Å². The van der Waals surface area contributed by atoms with Crippen LogP contribution in [0.5, 0.6) is 5.75 Å². The molecule has 3 nitrogen and oxygen atoms in total. The Balaban J connectivity index is 2.22. The molecule has 108 valence electrons. The molecular formula is C16H14Cl2N2O. The number of benzene rings is 2. The first-order valence-corrected chi connectivity index (χ1v) is 7.51. The van der Waals surface area contributed by atoms with E-state index in [4.69, 9.17) is 27.9 Å². The molecule has 0 spiro atoms. The third kappa shape index (κ3) is 2.71. The van der Waals surface area contributed by atoms with E-state index in [0.29, 0.717) is 17.3 Å². The number of aromatic nitrogens is 2. The van der Waals surface area contributed by atoms with Crippen molar-refractivity contribution >= 4 is 34.2 Å². The molecule has 2 aromatic carbocycles. The molecule has 0 aliphatic rings. The molecule has 0 N–H and O–H groups in total. The van der Waals surface area contributed by atoms with Crippen molar-refractivity contribution in [3.8, 4) is 11.4 Å². The van der Waals surface area contributed by atoms with Gasteiger partial charge in [-0.15, -0.1) is 11.6 Å². The van der Waals surface area contributed by atoms with Crippen molar-refractivity contribution in [1.29, 1.82) is 0 Å². The molecule has 5 heteroatoms. The fourth-order valence-electron chi connectivity index (χ4n) is 2.37. The Labute approximate surface area is 133 Å². The average Bonchev–Trinajstić information content (AvgIpc) is 2.85. The van der Waals surface area contributed by atoms with Gasteiger partial charge in [0.2, 0.25) is 0 Å². The first-order chi connectivity index (χ1) is 10.2.